The molecule has 2 rings (SSSR count). The first-order valence-electron chi connectivity index (χ1n) is 6.69. The van der Waals surface area contributed by atoms with Crippen LogP contribution in [0.2, 0.25) is 0 Å². The summed E-state index contributed by atoms with van der Waals surface area (Å²) in [4.78, 5) is 11.8. The third kappa shape index (κ3) is 3.43. The largest absolute Gasteiger partial charge is 0.354 e. The van der Waals surface area contributed by atoms with Crippen LogP contribution in [0.4, 0.5) is 0 Å². The van der Waals surface area contributed by atoms with Crippen molar-refractivity contribution in [1.82, 2.24) is 30.1 Å². The van der Waals surface area contributed by atoms with Crippen molar-refractivity contribution in [3.63, 3.8) is 0 Å². The molecule has 108 valence electrons. The predicted molar refractivity (Wildman–Crippen MR) is 74.1 cm³/mol. The van der Waals surface area contributed by atoms with E-state index in [4.69, 9.17) is 0 Å². The van der Waals surface area contributed by atoms with Crippen molar-refractivity contribution in [3.8, 4) is 0 Å². The van der Waals surface area contributed by atoms with Crippen LogP contribution in [0.3, 0.4) is 0 Å². The molecule has 0 aliphatic heterocycles. The fourth-order valence-electron chi connectivity index (χ4n) is 1.96. The molecular weight excluding hydrogens is 256 g/mol. The van der Waals surface area contributed by atoms with E-state index >= 15 is 0 Å². The van der Waals surface area contributed by atoms with Crippen LogP contribution in [-0.4, -0.2) is 37.2 Å². The first kappa shape index (κ1) is 14.2. The van der Waals surface area contributed by atoms with E-state index in [0.717, 1.165) is 11.4 Å². The summed E-state index contributed by atoms with van der Waals surface area (Å²) in [6.45, 7) is 7.85. The standard InChI is InChI=1S/C13H20N6O/c1-10-11(2)16-19(12(10)3)7-4-13(20)14-5-8-18-9-6-15-17-18/h6,9H,4-5,7-8H2,1-3H3,(H,14,20). The summed E-state index contributed by atoms with van der Waals surface area (Å²) in [6.07, 6.45) is 3.82. The highest BCUT2D eigenvalue weighted by molar-refractivity contribution is 5.75. The summed E-state index contributed by atoms with van der Waals surface area (Å²) in [6, 6.07) is 0. The minimum absolute atomic E-state index is 0.0234. The molecule has 2 heterocycles. The van der Waals surface area contributed by atoms with Gasteiger partial charge in [-0.05, 0) is 26.3 Å². The van der Waals surface area contributed by atoms with E-state index in [1.54, 1.807) is 17.1 Å². The number of hydrogen-bond donors (Lipinski definition) is 1. The third-order valence-corrected chi connectivity index (χ3v) is 3.43. The number of carbonyl (C=O) groups is 1. The van der Waals surface area contributed by atoms with Crippen molar-refractivity contribution in [1.29, 1.82) is 0 Å². The molecule has 0 spiro atoms. The van der Waals surface area contributed by atoms with E-state index in [0.29, 0.717) is 26.1 Å². The highest BCUT2D eigenvalue weighted by atomic mass is 16.1. The van der Waals surface area contributed by atoms with Gasteiger partial charge in [0.2, 0.25) is 5.91 Å². The molecule has 7 heteroatoms. The molecule has 0 radical (unpaired) electrons. The molecule has 2 aromatic heterocycles. The Balaban J connectivity index is 1.73. The molecule has 20 heavy (non-hydrogen) atoms. The second kappa shape index (κ2) is 6.31. The monoisotopic (exact) mass is 276 g/mol. The molecule has 0 bridgehead atoms. The third-order valence-electron chi connectivity index (χ3n) is 3.43. The molecule has 7 nitrogen and oxygen atoms in total. The van der Waals surface area contributed by atoms with Crippen LogP contribution in [-0.2, 0) is 17.9 Å². The molecule has 0 unspecified atom stereocenters. The van der Waals surface area contributed by atoms with Gasteiger partial charge in [0.1, 0.15) is 0 Å². The van der Waals surface area contributed by atoms with Gasteiger partial charge in [-0.2, -0.15) is 5.10 Å². The van der Waals surface area contributed by atoms with Crippen LogP contribution in [0, 0.1) is 20.8 Å². The van der Waals surface area contributed by atoms with Crippen LogP contribution in [0.15, 0.2) is 12.4 Å². The lowest BCUT2D eigenvalue weighted by Gasteiger charge is -2.06. The smallest absolute Gasteiger partial charge is 0.221 e. The number of aromatic nitrogens is 5. The number of hydrogen-bond acceptors (Lipinski definition) is 4. The summed E-state index contributed by atoms with van der Waals surface area (Å²) in [5.74, 6) is 0.0234. The van der Waals surface area contributed by atoms with Gasteiger partial charge >= 0.3 is 0 Å². The van der Waals surface area contributed by atoms with Crippen molar-refractivity contribution in [2.75, 3.05) is 6.54 Å². The molecule has 0 aliphatic carbocycles. The molecule has 0 saturated heterocycles. The Morgan fingerprint density at radius 2 is 2.10 bits per heavy atom. The van der Waals surface area contributed by atoms with Crippen molar-refractivity contribution in [3.05, 3.63) is 29.3 Å². The number of amides is 1. The predicted octanol–water partition coefficient (Wildman–Crippen LogP) is 0.606. The van der Waals surface area contributed by atoms with Crippen molar-refractivity contribution in [2.45, 2.75) is 40.3 Å². The van der Waals surface area contributed by atoms with Gasteiger partial charge in [0.25, 0.3) is 0 Å². The minimum atomic E-state index is 0.0234. The SMILES string of the molecule is Cc1nn(CCC(=O)NCCn2ccnn2)c(C)c1C. The molecule has 0 saturated carbocycles. The van der Waals surface area contributed by atoms with E-state index in [2.05, 4.69) is 20.7 Å². The molecule has 1 N–H and O–H groups in total. The molecule has 0 fully saturated rings. The summed E-state index contributed by atoms with van der Waals surface area (Å²) in [5, 5.41) is 14.8. The number of aryl methyl sites for hydroxylation is 2. The Kier molecular flexibility index (Phi) is 4.49. The van der Waals surface area contributed by atoms with Crippen LogP contribution in [0.5, 0.6) is 0 Å². The molecular formula is C13H20N6O. The van der Waals surface area contributed by atoms with Crippen LogP contribution >= 0.6 is 0 Å². The lowest BCUT2D eigenvalue weighted by atomic mass is 10.2. The fraction of sp³-hybridized carbons (Fsp3) is 0.538. The quantitative estimate of drug-likeness (QED) is 0.838. The molecule has 0 atom stereocenters. The van der Waals surface area contributed by atoms with E-state index < -0.39 is 0 Å². The highest BCUT2D eigenvalue weighted by Gasteiger charge is 2.08. The Hall–Kier alpha value is -2.18. The van der Waals surface area contributed by atoms with Gasteiger partial charge in [-0.25, -0.2) is 0 Å². The average Bonchev–Trinajstić information content (AvgIpc) is 3.01. The molecule has 2 aromatic rings. The Labute approximate surface area is 118 Å². The van der Waals surface area contributed by atoms with Crippen molar-refractivity contribution < 1.29 is 4.79 Å². The maximum absolute atomic E-state index is 11.8. The lowest BCUT2D eigenvalue weighted by molar-refractivity contribution is -0.121. The zero-order chi connectivity index (χ0) is 14.5. The zero-order valence-electron chi connectivity index (χ0n) is 12.1. The van der Waals surface area contributed by atoms with Crippen molar-refractivity contribution >= 4 is 5.91 Å². The van der Waals surface area contributed by atoms with Crippen LogP contribution in [0.25, 0.3) is 0 Å². The maximum atomic E-state index is 11.8. The first-order chi connectivity index (χ1) is 9.58. The van der Waals surface area contributed by atoms with Gasteiger partial charge < -0.3 is 5.32 Å². The average molecular weight is 276 g/mol. The van der Waals surface area contributed by atoms with E-state index in [9.17, 15) is 4.79 Å². The Morgan fingerprint density at radius 3 is 2.70 bits per heavy atom. The van der Waals surface area contributed by atoms with Gasteiger partial charge in [-0.1, -0.05) is 5.21 Å². The molecule has 0 aromatic carbocycles. The first-order valence-corrected chi connectivity index (χ1v) is 6.69. The van der Waals surface area contributed by atoms with Crippen LogP contribution in [0.1, 0.15) is 23.4 Å². The topological polar surface area (TPSA) is 77.6 Å². The maximum Gasteiger partial charge on any atom is 0.221 e. The van der Waals surface area contributed by atoms with Gasteiger partial charge in [0.05, 0.1) is 18.4 Å². The number of nitrogens with one attached hydrogen (secondary N) is 1. The number of nitrogens with zero attached hydrogens (tertiary/aromatic N) is 5. The van der Waals surface area contributed by atoms with Gasteiger partial charge in [-0.15, -0.1) is 5.10 Å². The summed E-state index contributed by atoms with van der Waals surface area (Å²) >= 11 is 0. The lowest BCUT2D eigenvalue weighted by Crippen LogP contribution is -2.28. The van der Waals surface area contributed by atoms with E-state index in [1.807, 2.05) is 25.5 Å². The zero-order valence-corrected chi connectivity index (χ0v) is 12.1. The molecule has 1 amide bonds. The summed E-state index contributed by atoms with van der Waals surface area (Å²) in [7, 11) is 0. The van der Waals surface area contributed by atoms with E-state index in [-0.39, 0.29) is 5.91 Å². The number of carbonyl (C=O) groups excluding carboxylic acids is 1. The Morgan fingerprint density at radius 1 is 1.30 bits per heavy atom. The summed E-state index contributed by atoms with van der Waals surface area (Å²) < 4.78 is 3.58. The van der Waals surface area contributed by atoms with Crippen LogP contribution < -0.4 is 5.32 Å². The van der Waals surface area contributed by atoms with Gasteiger partial charge in [0.15, 0.2) is 0 Å². The molecule has 0 aliphatic rings. The van der Waals surface area contributed by atoms with Crippen molar-refractivity contribution in [2.24, 2.45) is 0 Å². The minimum Gasteiger partial charge on any atom is -0.354 e. The summed E-state index contributed by atoms with van der Waals surface area (Å²) in [5.41, 5.74) is 3.34. The second-order valence-corrected chi connectivity index (χ2v) is 4.79. The highest BCUT2D eigenvalue weighted by Crippen LogP contribution is 2.11. The Bertz CT molecular complexity index is 572. The van der Waals surface area contributed by atoms with Gasteiger partial charge in [0, 0.05) is 31.4 Å². The van der Waals surface area contributed by atoms with Gasteiger partial charge in [-0.3, -0.25) is 14.2 Å². The van der Waals surface area contributed by atoms with E-state index in [1.165, 1.54) is 5.56 Å². The fourth-order valence-corrected chi connectivity index (χ4v) is 1.96. The number of rotatable bonds is 6. The second-order valence-electron chi connectivity index (χ2n) is 4.79. The normalized spacial score (nSPS) is 10.8.